The summed E-state index contributed by atoms with van der Waals surface area (Å²) in [5.41, 5.74) is -0.411. The summed E-state index contributed by atoms with van der Waals surface area (Å²) in [6.45, 7) is 9.39. The molecule has 9 nitrogen and oxygen atoms in total. The second-order valence-electron chi connectivity index (χ2n) is 15.4. The topological polar surface area (TPSA) is 122 Å². The number of hydrogen-bond acceptors (Lipinski definition) is 9. The molecule has 1 aliphatic heterocycles. The van der Waals surface area contributed by atoms with Crippen molar-refractivity contribution in [2.75, 3.05) is 7.11 Å². The Balaban J connectivity index is 1.53. The van der Waals surface area contributed by atoms with Crippen molar-refractivity contribution >= 4 is 27.7 Å². The minimum atomic E-state index is -3.94. The molecule has 0 aromatic heterocycles. The van der Waals surface area contributed by atoms with Gasteiger partial charge in [0.25, 0.3) is 0 Å². The summed E-state index contributed by atoms with van der Waals surface area (Å²) in [6.07, 6.45) is 3.68. The normalized spacial score (nSPS) is 41.8. The SMILES string of the molecule is COc1ccc(CS(=O)(=O)[C@@H]2[C@H]3[C@@H]([C@H](OC(C)=O)C[C@@H]4C[C@H](OC(C)=O)CC[C@@]43C)[C@@H]3CC[C@@H]4[C@H](C)CCC(=O)O[C@@H]2[C@]43C)cc1. The van der Waals surface area contributed by atoms with Gasteiger partial charge in [-0.1, -0.05) is 32.9 Å². The van der Waals surface area contributed by atoms with E-state index in [0.29, 0.717) is 43.4 Å². The van der Waals surface area contributed by atoms with Gasteiger partial charge in [-0.2, -0.15) is 0 Å². The van der Waals surface area contributed by atoms with Gasteiger partial charge in [-0.25, -0.2) is 8.42 Å². The van der Waals surface area contributed by atoms with E-state index in [9.17, 15) is 14.4 Å². The van der Waals surface area contributed by atoms with E-state index in [0.717, 1.165) is 12.8 Å². The molecule has 0 amide bonds. The van der Waals surface area contributed by atoms with Gasteiger partial charge >= 0.3 is 17.9 Å². The van der Waals surface area contributed by atoms with Crippen LogP contribution in [0.1, 0.15) is 91.5 Å². The van der Waals surface area contributed by atoms with E-state index in [2.05, 4.69) is 20.8 Å². The second-order valence-corrected chi connectivity index (χ2v) is 17.6. The van der Waals surface area contributed by atoms with Crippen molar-refractivity contribution < 1.29 is 41.7 Å². The van der Waals surface area contributed by atoms with Crippen molar-refractivity contribution in [1.82, 2.24) is 0 Å². The Bertz CT molecular complexity index is 1460. The fraction of sp³-hybridized carbons (Fsp3) is 0.750. The van der Waals surface area contributed by atoms with Gasteiger partial charge in [0.15, 0.2) is 9.84 Å². The van der Waals surface area contributed by atoms with Crippen molar-refractivity contribution in [3.63, 3.8) is 0 Å². The molecule has 1 saturated heterocycles. The number of benzene rings is 1. The lowest BCUT2D eigenvalue weighted by Crippen LogP contribution is -2.71. The minimum absolute atomic E-state index is 0.0293. The summed E-state index contributed by atoms with van der Waals surface area (Å²) in [4.78, 5) is 38.1. The van der Waals surface area contributed by atoms with Crippen molar-refractivity contribution in [2.45, 2.75) is 115 Å². The molecule has 0 spiro atoms. The highest BCUT2D eigenvalue weighted by Crippen LogP contribution is 2.70. The number of esters is 3. The van der Waals surface area contributed by atoms with Gasteiger partial charge in [0.2, 0.25) is 0 Å². The summed E-state index contributed by atoms with van der Waals surface area (Å²) < 4.78 is 53.9. The lowest BCUT2D eigenvalue weighted by molar-refractivity contribution is -0.225. The number of sulfone groups is 1. The molecule has 46 heavy (non-hydrogen) atoms. The summed E-state index contributed by atoms with van der Waals surface area (Å²) in [7, 11) is -2.37. The van der Waals surface area contributed by atoms with Crippen LogP contribution < -0.4 is 4.74 Å². The van der Waals surface area contributed by atoms with E-state index >= 15 is 8.42 Å². The fourth-order valence-corrected chi connectivity index (χ4v) is 13.7. The number of hydrogen-bond donors (Lipinski definition) is 0. The molecule has 4 aliphatic carbocycles. The smallest absolute Gasteiger partial charge is 0.306 e. The summed E-state index contributed by atoms with van der Waals surface area (Å²) in [5.74, 6) is -0.833. The number of carbonyl (C=O) groups excluding carboxylic acids is 3. The van der Waals surface area contributed by atoms with Gasteiger partial charge in [0.1, 0.15) is 29.3 Å². The van der Waals surface area contributed by atoms with E-state index in [1.807, 2.05) is 0 Å². The van der Waals surface area contributed by atoms with E-state index in [-0.39, 0.29) is 65.8 Å². The molecule has 0 N–H and O–H groups in total. The van der Waals surface area contributed by atoms with Crippen molar-refractivity contribution in [1.29, 1.82) is 0 Å². The molecule has 1 aromatic rings. The second kappa shape index (κ2) is 12.1. The third-order valence-corrected chi connectivity index (χ3v) is 15.2. The first-order valence-corrected chi connectivity index (χ1v) is 18.8. The molecule has 0 radical (unpaired) electrons. The van der Waals surface area contributed by atoms with Gasteiger partial charge < -0.3 is 18.9 Å². The van der Waals surface area contributed by atoms with Crippen LogP contribution in [0.3, 0.4) is 0 Å². The molecule has 10 heteroatoms. The zero-order valence-electron chi connectivity index (χ0n) is 28.0. The monoisotopic (exact) mass is 658 g/mol. The molecule has 6 rings (SSSR count). The predicted molar refractivity (Wildman–Crippen MR) is 170 cm³/mol. The number of fused-ring (bicyclic) bond motifs is 4. The van der Waals surface area contributed by atoms with Crippen molar-refractivity contribution in [2.24, 2.45) is 46.3 Å². The van der Waals surface area contributed by atoms with Crippen LogP contribution >= 0.6 is 0 Å². The van der Waals surface area contributed by atoms with Gasteiger partial charge in [0, 0.05) is 31.6 Å². The number of ether oxygens (including phenoxy) is 4. The van der Waals surface area contributed by atoms with Crippen LogP contribution in [0.2, 0.25) is 0 Å². The molecule has 5 aliphatic rings. The largest absolute Gasteiger partial charge is 0.497 e. The maximum atomic E-state index is 15.1. The third-order valence-electron chi connectivity index (χ3n) is 13.1. The van der Waals surface area contributed by atoms with Gasteiger partial charge in [-0.3, -0.25) is 14.4 Å². The Kier molecular flexibility index (Phi) is 8.77. The van der Waals surface area contributed by atoms with Crippen LogP contribution in [-0.4, -0.2) is 57.0 Å². The van der Waals surface area contributed by atoms with Crippen LogP contribution in [0, 0.1) is 46.3 Å². The fourth-order valence-electron chi connectivity index (χ4n) is 11.2. The lowest BCUT2D eigenvalue weighted by Gasteiger charge is -2.66. The highest BCUT2D eigenvalue weighted by atomic mass is 32.2. The maximum Gasteiger partial charge on any atom is 0.306 e. The Morgan fingerprint density at radius 3 is 2.28 bits per heavy atom. The van der Waals surface area contributed by atoms with Gasteiger partial charge in [-0.15, -0.1) is 0 Å². The molecule has 1 heterocycles. The van der Waals surface area contributed by atoms with E-state index < -0.39 is 44.0 Å². The highest BCUT2D eigenvalue weighted by Gasteiger charge is 2.73. The average molecular weight is 659 g/mol. The van der Waals surface area contributed by atoms with E-state index in [1.165, 1.54) is 13.8 Å². The molecule has 0 bridgehead atoms. The highest BCUT2D eigenvalue weighted by molar-refractivity contribution is 7.91. The molecular weight excluding hydrogens is 608 g/mol. The van der Waals surface area contributed by atoms with Crippen LogP contribution in [0.15, 0.2) is 24.3 Å². The minimum Gasteiger partial charge on any atom is -0.497 e. The first-order valence-electron chi connectivity index (χ1n) is 17.1. The number of carbonyl (C=O) groups is 3. The van der Waals surface area contributed by atoms with Crippen molar-refractivity contribution in [3.8, 4) is 5.75 Å². The first kappa shape index (κ1) is 33.3. The molecule has 12 atom stereocenters. The van der Waals surface area contributed by atoms with E-state index in [4.69, 9.17) is 18.9 Å². The van der Waals surface area contributed by atoms with E-state index in [1.54, 1.807) is 31.4 Å². The zero-order valence-corrected chi connectivity index (χ0v) is 28.8. The first-order chi connectivity index (χ1) is 21.7. The number of rotatable bonds is 6. The lowest BCUT2D eigenvalue weighted by atomic mass is 9.42. The van der Waals surface area contributed by atoms with Gasteiger partial charge in [0.05, 0.1) is 12.9 Å². The van der Waals surface area contributed by atoms with Crippen molar-refractivity contribution in [3.05, 3.63) is 29.8 Å². The standard InChI is InChI=1S/C36H50O9S/c1-20-7-14-30(39)45-34-33(46(40,41)19-23-8-10-25(42-6)11-9-23)32-31(28-13-12-27(20)36(28,34)5)29(44-22(3)38)18-24-17-26(43-21(2)37)15-16-35(24,32)4/h8-11,20,24,26-29,31-34H,7,12-19H2,1-6H3/t20-,24+,26-,27-,28+,29-,31-,32-,33-,34+,35+,36-/m1/s1. The maximum absolute atomic E-state index is 15.1. The Labute approximate surface area is 273 Å². The van der Waals surface area contributed by atoms with Crippen LogP contribution in [-0.2, 0) is 44.2 Å². The van der Waals surface area contributed by atoms with Crippen LogP contribution in [0.25, 0.3) is 0 Å². The third kappa shape index (κ3) is 5.54. The summed E-state index contributed by atoms with van der Waals surface area (Å²) >= 11 is 0. The predicted octanol–water partition coefficient (Wildman–Crippen LogP) is 5.67. The van der Waals surface area contributed by atoms with Crippen LogP contribution in [0.4, 0.5) is 0 Å². The molecule has 4 saturated carbocycles. The summed E-state index contributed by atoms with van der Waals surface area (Å²) in [5, 5.41) is -0.980. The quantitative estimate of drug-likeness (QED) is 0.281. The molecule has 1 aromatic carbocycles. The molecule has 0 unspecified atom stereocenters. The van der Waals surface area contributed by atoms with Crippen LogP contribution in [0.5, 0.6) is 5.75 Å². The van der Waals surface area contributed by atoms with Gasteiger partial charge in [-0.05, 0) is 97.6 Å². The number of methoxy groups -OCH3 is 1. The average Bonchev–Trinajstić information content (AvgIpc) is 3.33. The molecule has 254 valence electrons. The zero-order chi connectivity index (χ0) is 33.2. The Morgan fingerprint density at radius 2 is 1.63 bits per heavy atom. The molecule has 5 fully saturated rings. The summed E-state index contributed by atoms with van der Waals surface area (Å²) in [6, 6.07) is 7.09. The molecular formula is C36H50O9S. The Morgan fingerprint density at radius 1 is 0.957 bits per heavy atom. The Hall–Kier alpha value is -2.62.